The number of nitrogens with one attached hydrogen (secondary N) is 1. The van der Waals surface area contributed by atoms with Crippen LogP contribution in [0.3, 0.4) is 0 Å². The van der Waals surface area contributed by atoms with Gasteiger partial charge in [-0.3, -0.25) is 0 Å². The maximum absolute atomic E-state index is 6.07. The van der Waals surface area contributed by atoms with Crippen LogP contribution in [0.1, 0.15) is 5.56 Å². The van der Waals surface area contributed by atoms with Crippen molar-refractivity contribution in [2.75, 3.05) is 14.2 Å². The van der Waals surface area contributed by atoms with E-state index in [1.54, 1.807) is 14.2 Å². The van der Waals surface area contributed by atoms with Crippen molar-refractivity contribution in [2.45, 2.75) is 0 Å². The number of aromatic amines is 1. The first-order valence-electron chi connectivity index (χ1n) is 10.4. The fourth-order valence-corrected chi connectivity index (χ4v) is 3.78. The predicted octanol–water partition coefficient (Wildman–Crippen LogP) is 5.44. The number of hydrogen-bond acceptors (Lipinski definition) is 3. The monoisotopic (exact) mass is 457 g/mol. The summed E-state index contributed by atoms with van der Waals surface area (Å²) in [6.45, 7) is 0. The maximum atomic E-state index is 6.07. The lowest BCUT2D eigenvalue weighted by Crippen LogP contribution is -2.18. The van der Waals surface area contributed by atoms with Crippen LogP contribution in [0.5, 0.6) is 11.5 Å². The van der Waals surface area contributed by atoms with Gasteiger partial charge >= 0.3 is 5.78 Å². The predicted molar refractivity (Wildman–Crippen MR) is 130 cm³/mol. The zero-order chi connectivity index (χ0) is 22.8. The average Bonchev–Trinajstić information content (AvgIpc) is 3.43. The summed E-state index contributed by atoms with van der Waals surface area (Å²) in [5.41, 5.74) is 5.01. The molecule has 1 N–H and O–H groups in total. The van der Waals surface area contributed by atoms with Crippen LogP contribution in [0.15, 0.2) is 90.3 Å². The number of benzene rings is 3. The van der Waals surface area contributed by atoms with E-state index in [9.17, 15) is 0 Å². The Labute approximate surface area is 196 Å². The molecule has 0 radical (unpaired) electrons. The minimum Gasteiger partial charge on any atom is -0.497 e. The number of rotatable bonds is 6. The number of halogens is 1. The minimum atomic E-state index is 0.704. The van der Waals surface area contributed by atoms with Crippen molar-refractivity contribution < 1.29 is 13.9 Å². The van der Waals surface area contributed by atoms with Gasteiger partial charge in [0.1, 0.15) is 35.3 Å². The third-order valence-electron chi connectivity index (χ3n) is 5.44. The molecule has 0 spiro atoms. The van der Waals surface area contributed by atoms with Gasteiger partial charge in [-0.1, -0.05) is 11.6 Å². The van der Waals surface area contributed by atoms with Gasteiger partial charge in [-0.05, 0) is 78.4 Å². The van der Waals surface area contributed by atoms with Crippen LogP contribution in [0.4, 0.5) is 0 Å². The molecule has 164 valence electrons. The molecule has 2 heterocycles. The highest BCUT2D eigenvalue weighted by atomic mass is 35.5. The molecule has 0 aliphatic rings. The second kappa shape index (κ2) is 8.84. The Morgan fingerprint density at radius 1 is 0.848 bits per heavy atom. The van der Waals surface area contributed by atoms with E-state index in [1.165, 1.54) is 0 Å². The summed E-state index contributed by atoms with van der Waals surface area (Å²) in [6, 6.07) is 23.5. The maximum Gasteiger partial charge on any atom is 0.391 e. The molecule has 0 aliphatic carbocycles. The average molecular weight is 458 g/mol. The lowest BCUT2D eigenvalue weighted by atomic mass is 10.1. The molecule has 5 aromatic rings. The molecule has 3 aromatic carbocycles. The standard InChI is InChI=1S/C26H21ClN4O2/c1-32-22-11-3-18(4-12-22)15-28-31-17-25(20-7-13-23(33-2)14-8-20)30-16-24(29-26(30)31)19-5-9-21(27)10-6-19/h3-17H,1-2H3/p+1. The molecular formula is C26H22ClN4O2+. The van der Waals surface area contributed by atoms with Gasteiger partial charge in [0.25, 0.3) is 0 Å². The van der Waals surface area contributed by atoms with Crippen LogP contribution < -0.4 is 13.9 Å². The van der Waals surface area contributed by atoms with Crippen molar-refractivity contribution in [2.24, 2.45) is 5.10 Å². The molecule has 0 saturated carbocycles. The zero-order valence-electron chi connectivity index (χ0n) is 18.2. The van der Waals surface area contributed by atoms with E-state index in [2.05, 4.69) is 15.6 Å². The van der Waals surface area contributed by atoms with Crippen molar-refractivity contribution in [1.82, 2.24) is 9.66 Å². The third kappa shape index (κ3) is 4.21. The normalized spacial score (nSPS) is 11.4. The van der Waals surface area contributed by atoms with Crippen LogP contribution >= 0.6 is 11.6 Å². The highest BCUT2D eigenvalue weighted by Crippen LogP contribution is 2.24. The molecule has 5 rings (SSSR count). The number of fused-ring (bicyclic) bond motifs is 1. The fraction of sp³-hybridized carbons (Fsp3) is 0.0769. The first-order valence-corrected chi connectivity index (χ1v) is 10.8. The Morgan fingerprint density at radius 3 is 2.09 bits per heavy atom. The van der Waals surface area contributed by atoms with Crippen molar-refractivity contribution >= 4 is 23.6 Å². The molecule has 0 atom stereocenters. The topological polar surface area (TPSA) is 55.6 Å². The number of ether oxygens (including phenoxy) is 2. The SMILES string of the molecule is COc1ccc(C=Nn2cc(-c3ccc(OC)cc3)[n+]3cc(-c4ccc(Cl)cc4)[nH]c23)cc1. The summed E-state index contributed by atoms with van der Waals surface area (Å²) in [7, 11) is 3.32. The third-order valence-corrected chi connectivity index (χ3v) is 5.69. The van der Waals surface area contributed by atoms with E-state index in [0.29, 0.717) is 5.02 Å². The van der Waals surface area contributed by atoms with Crippen molar-refractivity contribution in [3.8, 4) is 34.0 Å². The Bertz CT molecular complexity index is 1420. The molecule has 0 saturated heterocycles. The van der Waals surface area contributed by atoms with E-state index in [4.69, 9.17) is 26.2 Å². The van der Waals surface area contributed by atoms with E-state index in [0.717, 1.165) is 45.4 Å². The quantitative estimate of drug-likeness (QED) is 0.272. The molecule has 7 heteroatoms. The highest BCUT2D eigenvalue weighted by Gasteiger charge is 2.21. The summed E-state index contributed by atoms with van der Waals surface area (Å²) >= 11 is 6.07. The summed E-state index contributed by atoms with van der Waals surface area (Å²) in [5.74, 6) is 2.45. The van der Waals surface area contributed by atoms with Gasteiger partial charge in [0.15, 0.2) is 0 Å². The van der Waals surface area contributed by atoms with Gasteiger partial charge in [0.05, 0.1) is 20.4 Å². The largest absolute Gasteiger partial charge is 0.497 e. The lowest BCUT2D eigenvalue weighted by Gasteiger charge is -2.00. The molecule has 0 amide bonds. The van der Waals surface area contributed by atoms with Crippen molar-refractivity contribution in [3.05, 3.63) is 95.8 Å². The van der Waals surface area contributed by atoms with Gasteiger partial charge in [0, 0.05) is 16.1 Å². The number of hydrogen-bond donors (Lipinski definition) is 1. The second-order valence-corrected chi connectivity index (χ2v) is 7.91. The van der Waals surface area contributed by atoms with E-state index in [-0.39, 0.29) is 0 Å². The van der Waals surface area contributed by atoms with Crippen LogP contribution in [-0.4, -0.2) is 30.1 Å². The highest BCUT2D eigenvalue weighted by molar-refractivity contribution is 6.30. The van der Waals surface area contributed by atoms with Gasteiger partial charge in [0.2, 0.25) is 0 Å². The number of nitrogens with zero attached hydrogens (tertiary/aromatic N) is 3. The number of imidazole rings is 2. The lowest BCUT2D eigenvalue weighted by molar-refractivity contribution is -0.496. The van der Waals surface area contributed by atoms with E-state index in [1.807, 2.05) is 89.9 Å². The molecule has 6 nitrogen and oxygen atoms in total. The Kier molecular flexibility index (Phi) is 5.59. The molecule has 2 aromatic heterocycles. The minimum absolute atomic E-state index is 0.704. The summed E-state index contributed by atoms with van der Waals surface area (Å²) in [5, 5.41) is 5.42. The molecule has 33 heavy (non-hydrogen) atoms. The number of methoxy groups -OCH3 is 2. The van der Waals surface area contributed by atoms with Crippen molar-refractivity contribution in [3.63, 3.8) is 0 Å². The summed E-state index contributed by atoms with van der Waals surface area (Å²) < 4.78 is 14.5. The molecule has 0 bridgehead atoms. The molecule has 0 unspecified atom stereocenters. The van der Waals surface area contributed by atoms with Crippen LogP contribution in [0.25, 0.3) is 28.3 Å². The zero-order valence-corrected chi connectivity index (χ0v) is 19.0. The number of aromatic nitrogens is 3. The Balaban J connectivity index is 1.60. The molecule has 0 aliphatic heterocycles. The van der Waals surface area contributed by atoms with Gasteiger partial charge < -0.3 is 9.47 Å². The van der Waals surface area contributed by atoms with Crippen LogP contribution in [0, 0.1) is 0 Å². The number of H-pyrrole nitrogens is 1. The molecular weight excluding hydrogens is 436 g/mol. The van der Waals surface area contributed by atoms with Gasteiger partial charge in [-0.2, -0.15) is 4.40 Å². The first kappa shape index (κ1) is 20.8. The van der Waals surface area contributed by atoms with E-state index >= 15 is 0 Å². The van der Waals surface area contributed by atoms with Gasteiger partial charge in [-0.15, -0.1) is 9.78 Å². The fourth-order valence-electron chi connectivity index (χ4n) is 3.65. The van der Waals surface area contributed by atoms with Gasteiger partial charge in [-0.25, -0.2) is 4.98 Å². The summed E-state index contributed by atoms with van der Waals surface area (Å²) in [6.07, 6.45) is 5.89. The van der Waals surface area contributed by atoms with E-state index < -0.39 is 0 Å². The molecule has 0 fully saturated rings. The Hall–Kier alpha value is -4.03. The van der Waals surface area contributed by atoms with Crippen LogP contribution in [-0.2, 0) is 0 Å². The van der Waals surface area contributed by atoms with Crippen molar-refractivity contribution in [1.29, 1.82) is 0 Å². The first-order chi connectivity index (χ1) is 16.1. The second-order valence-electron chi connectivity index (χ2n) is 7.47. The Morgan fingerprint density at radius 2 is 1.45 bits per heavy atom. The van der Waals surface area contributed by atoms with Crippen LogP contribution in [0.2, 0.25) is 5.02 Å². The summed E-state index contributed by atoms with van der Waals surface area (Å²) in [4.78, 5) is 3.49. The smallest absolute Gasteiger partial charge is 0.391 e.